The highest BCUT2D eigenvalue weighted by Gasteiger charge is 2.13. The molecular formula is C14H9ClN2O3. The number of hydrogen-bond acceptors (Lipinski definition) is 4. The molecule has 1 aromatic heterocycles. The summed E-state index contributed by atoms with van der Waals surface area (Å²) in [5.74, 6) is -0.772. The monoisotopic (exact) mass is 288 g/mol. The lowest BCUT2D eigenvalue weighted by molar-refractivity contribution is 0.0696. The van der Waals surface area contributed by atoms with Gasteiger partial charge in [-0.25, -0.2) is 9.78 Å². The Bertz CT molecular complexity index is 723. The number of aromatic nitrogens is 1. The largest absolute Gasteiger partial charge is 0.478 e. The van der Waals surface area contributed by atoms with Crippen molar-refractivity contribution in [2.24, 2.45) is 0 Å². The van der Waals surface area contributed by atoms with E-state index in [4.69, 9.17) is 26.7 Å². The highest BCUT2D eigenvalue weighted by atomic mass is 35.5. The molecule has 0 fully saturated rings. The summed E-state index contributed by atoms with van der Waals surface area (Å²) in [5.41, 5.74) is 0.958. The Balaban J connectivity index is 2.41. The summed E-state index contributed by atoms with van der Waals surface area (Å²) in [6.07, 6.45) is 1.51. The van der Waals surface area contributed by atoms with Crippen LogP contribution in [0, 0.1) is 18.3 Å². The highest BCUT2D eigenvalue weighted by Crippen LogP contribution is 2.28. The van der Waals surface area contributed by atoms with Crippen LogP contribution < -0.4 is 4.74 Å². The minimum absolute atomic E-state index is 0.0738. The van der Waals surface area contributed by atoms with Crippen molar-refractivity contribution >= 4 is 17.6 Å². The number of halogens is 1. The fourth-order valence-corrected chi connectivity index (χ4v) is 1.79. The second kappa shape index (κ2) is 5.59. The molecule has 2 rings (SSSR count). The van der Waals surface area contributed by atoms with Crippen LogP contribution in [0.5, 0.6) is 11.6 Å². The van der Waals surface area contributed by atoms with Crippen LogP contribution in [0.1, 0.15) is 21.5 Å². The number of ether oxygens (including phenoxy) is 1. The molecule has 0 bridgehead atoms. The molecule has 0 aliphatic carbocycles. The lowest BCUT2D eigenvalue weighted by atomic mass is 10.2. The Hall–Kier alpha value is -2.58. The van der Waals surface area contributed by atoms with Crippen LogP contribution in [0.3, 0.4) is 0 Å². The second-order valence-electron chi connectivity index (χ2n) is 3.97. The first-order valence-electron chi connectivity index (χ1n) is 5.59. The van der Waals surface area contributed by atoms with Gasteiger partial charge in [0, 0.05) is 6.20 Å². The molecule has 0 saturated heterocycles. The molecule has 2 aromatic rings. The average Bonchev–Trinajstić information content (AvgIpc) is 2.41. The molecule has 6 heteroatoms. The molecule has 1 N–H and O–H groups in total. The van der Waals surface area contributed by atoms with E-state index in [1.807, 2.05) is 6.07 Å². The number of rotatable bonds is 3. The summed E-state index contributed by atoms with van der Waals surface area (Å²) < 4.78 is 5.47. The predicted molar refractivity (Wildman–Crippen MR) is 72.2 cm³/mol. The van der Waals surface area contributed by atoms with Gasteiger partial charge < -0.3 is 9.84 Å². The molecule has 0 unspecified atom stereocenters. The van der Waals surface area contributed by atoms with Gasteiger partial charge in [-0.1, -0.05) is 11.6 Å². The first-order chi connectivity index (χ1) is 9.52. The van der Waals surface area contributed by atoms with Gasteiger partial charge in [-0.2, -0.15) is 5.26 Å². The Labute approximate surface area is 120 Å². The predicted octanol–water partition coefficient (Wildman–Crippen LogP) is 3.41. The van der Waals surface area contributed by atoms with Gasteiger partial charge >= 0.3 is 5.97 Å². The zero-order valence-corrected chi connectivity index (χ0v) is 11.2. The number of pyridine rings is 1. The summed E-state index contributed by atoms with van der Waals surface area (Å²) in [4.78, 5) is 15.0. The van der Waals surface area contributed by atoms with Crippen molar-refractivity contribution in [3.63, 3.8) is 0 Å². The second-order valence-corrected chi connectivity index (χ2v) is 4.38. The fraction of sp³-hybridized carbons (Fsp3) is 0.0714. The van der Waals surface area contributed by atoms with Crippen LogP contribution >= 0.6 is 11.6 Å². The van der Waals surface area contributed by atoms with Crippen molar-refractivity contribution in [3.8, 4) is 17.7 Å². The standard InChI is InChI=1S/C14H9ClN2O3/c1-8-4-5-17-13(11(8)7-16)20-9-2-3-12(15)10(6-9)14(18)19/h2-6H,1H3,(H,18,19). The number of nitriles is 1. The van der Waals surface area contributed by atoms with Crippen LogP contribution in [0.4, 0.5) is 0 Å². The Morgan fingerprint density at radius 2 is 2.20 bits per heavy atom. The van der Waals surface area contributed by atoms with Crippen molar-refractivity contribution in [2.45, 2.75) is 6.92 Å². The number of carboxylic acid groups (broad SMARTS) is 1. The Kier molecular flexibility index (Phi) is 3.87. The first-order valence-corrected chi connectivity index (χ1v) is 5.97. The lowest BCUT2D eigenvalue weighted by Crippen LogP contribution is -1.99. The molecule has 0 radical (unpaired) electrons. The summed E-state index contributed by atoms with van der Waals surface area (Å²) in [5, 5.41) is 18.2. The smallest absolute Gasteiger partial charge is 0.337 e. The van der Waals surface area contributed by atoms with Gasteiger partial charge in [-0.15, -0.1) is 0 Å². The Morgan fingerprint density at radius 1 is 1.45 bits per heavy atom. The normalized spacial score (nSPS) is 9.85. The van der Waals surface area contributed by atoms with Crippen LogP contribution in [-0.2, 0) is 0 Å². The van der Waals surface area contributed by atoms with Crippen molar-refractivity contribution in [2.75, 3.05) is 0 Å². The molecule has 20 heavy (non-hydrogen) atoms. The Morgan fingerprint density at radius 3 is 2.85 bits per heavy atom. The maximum absolute atomic E-state index is 11.0. The molecule has 5 nitrogen and oxygen atoms in total. The highest BCUT2D eigenvalue weighted by molar-refractivity contribution is 6.33. The molecular weight excluding hydrogens is 280 g/mol. The number of carbonyl (C=O) groups is 1. The number of benzene rings is 1. The van der Waals surface area contributed by atoms with Crippen molar-refractivity contribution < 1.29 is 14.6 Å². The van der Waals surface area contributed by atoms with Gasteiger partial charge in [0.2, 0.25) is 5.88 Å². The summed E-state index contributed by atoms with van der Waals surface area (Å²) in [7, 11) is 0. The fourth-order valence-electron chi connectivity index (χ4n) is 1.59. The first kappa shape index (κ1) is 13.8. The maximum Gasteiger partial charge on any atom is 0.337 e. The van der Waals surface area contributed by atoms with Gasteiger partial charge in [-0.3, -0.25) is 0 Å². The minimum Gasteiger partial charge on any atom is -0.478 e. The minimum atomic E-state index is -1.15. The molecule has 0 saturated carbocycles. The van der Waals surface area contributed by atoms with Gasteiger partial charge in [0.05, 0.1) is 10.6 Å². The zero-order valence-electron chi connectivity index (χ0n) is 10.4. The molecule has 1 heterocycles. The van der Waals surface area contributed by atoms with Crippen molar-refractivity contribution in [3.05, 3.63) is 52.2 Å². The van der Waals surface area contributed by atoms with E-state index in [0.29, 0.717) is 5.56 Å². The number of carboxylic acids is 1. The molecule has 100 valence electrons. The van der Waals surface area contributed by atoms with Gasteiger partial charge in [0.1, 0.15) is 17.4 Å². The number of aromatic carboxylic acids is 1. The number of aryl methyl sites for hydroxylation is 1. The summed E-state index contributed by atoms with van der Waals surface area (Å²) >= 11 is 5.77. The van der Waals surface area contributed by atoms with E-state index in [0.717, 1.165) is 5.56 Å². The van der Waals surface area contributed by atoms with E-state index in [-0.39, 0.29) is 22.2 Å². The van der Waals surface area contributed by atoms with Crippen molar-refractivity contribution in [1.82, 2.24) is 4.98 Å². The van der Waals surface area contributed by atoms with E-state index < -0.39 is 5.97 Å². The van der Waals surface area contributed by atoms with Crippen LogP contribution in [-0.4, -0.2) is 16.1 Å². The molecule has 0 aliphatic rings. The molecule has 0 aliphatic heterocycles. The topological polar surface area (TPSA) is 83.2 Å². The molecule has 0 atom stereocenters. The SMILES string of the molecule is Cc1ccnc(Oc2ccc(Cl)c(C(=O)O)c2)c1C#N. The third-order valence-electron chi connectivity index (χ3n) is 2.62. The van der Waals surface area contributed by atoms with Gasteiger partial charge in [0.15, 0.2) is 0 Å². The van der Waals surface area contributed by atoms with E-state index in [1.165, 1.54) is 24.4 Å². The van der Waals surface area contributed by atoms with Crippen LogP contribution in [0.2, 0.25) is 5.02 Å². The average molecular weight is 289 g/mol. The van der Waals surface area contributed by atoms with Crippen molar-refractivity contribution in [1.29, 1.82) is 5.26 Å². The number of hydrogen-bond donors (Lipinski definition) is 1. The van der Waals surface area contributed by atoms with Crippen LogP contribution in [0.15, 0.2) is 30.5 Å². The van der Waals surface area contributed by atoms with E-state index in [9.17, 15) is 4.79 Å². The molecule has 0 amide bonds. The van der Waals surface area contributed by atoms with E-state index >= 15 is 0 Å². The van der Waals surface area contributed by atoms with Gasteiger partial charge in [-0.05, 0) is 36.8 Å². The van der Waals surface area contributed by atoms with E-state index in [2.05, 4.69) is 4.98 Å². The maximum atomic E-state index is 11.0. The molecule has 1 aromatic carbocycles. The summed E-state index contributed by atoms with van der Waals surface area (Å²) in [6.45, 7) is 1.76. The van der Waals surface area contributed by atoms with Gasteiger partial charge in [0.25, 0.3) is 0 Å². The van der Waals surface area contributed by atoms with E-state index in [1.54, 1.807) is 13.0 Å². The zero-order chi connectivity index (χ0) is 14.7. The summed E-state index contributed by atoms with van der Waals surface area (Å²) in [6, 6.07) is 7.91. The third-order valence-corrected chi connectivity index (χ3v) is 2.95. The van der Waals surface area contributed by atoms with Crippen LogP contribution in [0.25, 0.3) is 0 Å². The third kappa shape index (κ3) is 2.71. The number of nitrogens with zero attached hydrogens (tertiary/aromatic N) is 2. The lowest BCUT2D eigenvalue weighted by Gasteiger charge is -2.08. The quantitative estimate of drug-likeness (QED) is 0.935. The molecule has 0 spiro atoms.